The van der Waals surface area contributed by atoms with Crippen molar-refractivity contribution >= 4 is 11.7 Å². The molecule has 2 N–H and O–H groups in total. The second-order valence-corrected chi connectivity index (χ2v) is 5.53. The van der Waals surface area contributed by atoms with Crippen molar-refractivity contribution in [2.45, 2.75) is 19.9 Å². The van der Waals surface area contributed by atoms with E-state index in [1.165, 1.54) is 6.07 Å². The fourth-order valence-electron chi connectivity index (χ4n) is 2.64. The van der Waals surface area contributed by atoms with Crippen LogP contribution < -0.4 is 10.2 Å². The molecule has 1 fully saturated rings. The van der Waals surface area contributed by atoms with Gasteiger partial charge in [-0.15, -0.1) is 0 Å². The molecule has 0 bridgehead atoms. The van der Waals surface area contributed by atoms with E-state index in [0.29, 0.717) is 18.8 Å². The predicted molar refractivity (Wildman–Crippen MR) is 84.7 cm³/mol. The molecule has 5 nitrogen and oxygen atoms in total. The SMILES string of the molecule is CCN1CCN(c2cc(CNCCC(=O)O)ccc2F)CC1. The summed E-state index contributed by atoms with van der Waals surface area (Å²) >= 11 is 0. The lowest BCUT2D eigenvalue weighted by Crippen LogP contribution is -2.46. The Labute approximate surface area is 130 Å². The summed E-state index contributed by atoms with van der Waals surface area (Å²) in [5.74, 6) is -1.01. The number of nitrogens with zero attached hydrogens (tertiary/aromatic N) is 2. The molecule has 1 aliphatic heterocycles. The van der Waals surface area contributed by atoms with Gasteiger partial charge in [-0.25, -0.2) is 4.39 Å². The van der Waals surface area contributed by atoms with Gasteiger partial charge in [-0.2, -0.15) is 0 Å². The van der Waals surface area contributed by atoms with E-state index in [0.717, 1.165) is 38.3 Å². The molecule has 1 aliphatic rings. The van der Waals surface area contributed by atoms with E-state index in [1.807, 2.05) is 6.07 Å². The van der Waals surface area contributed by atoms with E-state index in [-0.39, 0.29) is 12.2 Å². The van der Waals surface area contributed by atoms with Gasteiger partial charge in [0.1, 0.15) is 5.82 Å². The Morgan fingerprint density at radius 1 is 1.32 bits per heavy atom. The van der Waals surface area contributed by atoms with Crippen LogP contribution in [0.5, 0.6) is 0 Å². The van der Waals surface area contributed by atoms with Gasteiger partial charge in [0, 0.05) is 39.3 Å². The minimum atomic E-state index is -0.818. The molecule has 122 valence electrons. The van der Waals surface area contributed by atoms with Gasteiger partial charge in [-0.3, -0.25) is 4.79 Å². The summed E-state index contributed by atoms with van der Waals surface area (Å²) in [5.41, 5.74) is 1.62. The molecule has 6 heteroatoms. The van der Waals surface area contributed by atoms with Crippen LogP contribution >= 0.6 is 0 Å². The van der Waals surface area contributed by atoms with Gasteiger partial charge in [-0.1, -0.05) is 13.0 Å². The summed E-state index contributed by atoms with van der Waals surface area (Å²) in [6, 6.07) is 5.11. The van der Waals surface area contributed by atoms with Gasteiger partial charge in [0.15, 0.2) is 0 Å². The highest BCUT2D eigenvalue weighted by Gasteiger charge is 2.18. The molecule has 2 rings (SSSR count). The van der Waals surface area contributed by atoms with Crippen molar-refractivity contribution in [1.82, 2.24) is 10.2 Å². The highest BCUT2D eigenvalue weighted by atomic mass is 19.1. The van der Waals surface area contributed by atoms with Crippen LogP contribution in [0.3, 0.4) is 0 Å². The van der Waals surface area contributed by atoms with E-state index in [1.54, 1.807) is 6.07 Å². The van der Waals surface area contributed by atoms with E-state index in [4.69, 9.17) is 5.11 Å². The number of carboxylic acid groups (broad SMARTS) is 1. The molecule has 1 aromatic rings. The summed E-state index contributed by atoms with van der Waals surface area (Å²) in [6.45, 7) is 7.71. The van der Waals surface area contributed by atoms with Crippen molar-refractivity contribution in [2.24, 2.45) is 0 Å². The number of benzene rings is 1. The van der Waals surface area contributed by atoms with Gasteiger partial charge >= 0.3 is 5.97 Å². The van der Waals surface area contributed by atoms with Gasteiger partial charge in [0.05, 0.1) is 12.1 Å². The summed E-state index contributed by atoms with van der Waals surface area (Å²) < 4.78 is 14.1. The number of halogens is 1. The van der Waals surface area contributed by atoms with E-state index >= 15 is 0 Å². The van der Waals surface area contributed by atoms with E-state index in [2.05, 4.69) is 22.0 Å². The Morgan fingerprint density at radius 2 is 2.05 bits per heavy atom. The number of nitrogens with one attached hydrogen (secondary N) is 1. The van der Waals surface area contributed by atoms with Crippen LogP contribution in [0.15, 0.2) is 18.2 Å². The first-order chi connectivity index (χ1) is 10.6. The molecule has 0 spiro atoms. The first-order valence-corrected chi connectivity index (χ1v) is 7.78. The zero-order valence-electron chi connectivity index (χ0n) is 13.0. The molecule has 0 unspecified atom stereocenters. The molecule has 1 aromatic carbocycles. The quantitative estimate of drug-likeness (QED) is 0.748. The molecule has 0 aromatic heterocycles. The zero-order chi connectivity index (χ0) is 15.9. The van der Waals surface area contributed by atoms with Crippen LogP contribution in [0.2, 0.25) is 0 Å². The maximum atomic E-state index is 14.1. The van der Waals surface area contributed by atoms with Crippen LogP contribution in [0.25, 0.3) is 0 Å². The number of piperazine rings is 1. The number of aliphatic carboxylic acids is 1. The van der Waals surface area contributed by atoms with Crippen LogP contribution in [0.1, 0.15) is 18.9 Å². The lowest BCUT2D eigenvalue weighted by molar-refractivity contribution is -0.136. The highest BCUT2D eigenvalue weighted by Crippen LogP contribution is 2.22. The average molecular weight is 309 g/mol. The summed E-state index contributed by atoms with van der Waals surface area (Å²) in [4.78, 5) is 14.9. The third-order valence-electron chi connectivity index (χ3n) is 4.02. The predicted octanol–water partition coefficient (Wildman–Crippen LogP) is 1.53. The summed E-state index contributed by atoms with van der Waals surface area (Å²) in [7, 11) is 0. The molecule has 1 saturated heterocycles. The van der Waals surface area contributed by atoms with Crippen molar-refractivity contribution in [3.63, 3.8) is 0 Å². The van der Waals surface area contributed by atoms with Crippen LogP contribution in [0.4, 0.5) is 10.1 Å². The zero-order valence-corrected chi connectivity index (χ0v) is 13.0. The fourth-order valence-corrected chi connectivity index (χ4v) is 2.64. The molecule has 0 atom stereocenters. The van der Waals surface area contributed by atoms with E-state index in [9.17, 15) is 9.18 Å². The Hall–Kier alpha value is -1.66. The number of anilines is 1. The number of rotatable bonds is 7. The molecule has 22 heavy (non-hydrogen) atoms. The average Bonchev–Trinajstić information content (AvgIpc) is 2.53. The minimum absolute atomic E-state index is 0.0903. The number of likely N-dealkylation sites (N-methyl/N-ethyl adjacent to an activating group) is 1. The number of carboxylic acids is 1. The number of hydrogen-bond acceptors (Lipinski definition) is 4. The van der Waals surface area contributed by atoms with Gasteiger partial charge in [0.25, 0.3) is 0 Å². The van der Waals surface area contributed by atoms with Crippen molar-refractivity contribution in [2.75, 3.05) is 44.2 Å². The number of hydrogen-bond donors (Lipinski definition) is 2. The largest absolute Gasteiger partial charge is 0.481 e. The Bertz CT molecular complexity index is 502. The molecule has 0 amide bonds. The minimum Gasteiger partial charge on any atom is -0.481 e. The number of carbonyl (C=O) groups is 1. The van der Waals surface area contributed by atoms with Crippen LogP contribution in [0, 0.1) is 5.82 Å². The maximum Gasteiger partial charge on any atom is 0.304 e. The molecular weight excluding hydrogens is 285 g/mol. The second-order valence-electron chi connectivity index (χ2n) is 5.53. The first kappa shape index (κ1) is 16.7. The smallest absolute Gasteiger partial charge is 0.304 e. The second kappa shape index (κ2) is 8.10. The van der Waals surface area contributed by atoms with Gasteiger partial charge < -0.3 is 20.2 Å². The molecule has 0 saturated carbocycles. The van der Waals surface area contributed by atoms with Crippen molar-refractivity contribution < 1.29 is 14.3 Å². The topological polar surface area (TPSA) is 55.8 Å². The Morgan fingerprint density at radius 3 is 2.68 bits per heavy atom. The van der Waals surface area contributed by atoms with E-state index < -0.39 is 5.97 Å². The van der Waals surface area contributed by atoms with Gasteiger partial charge in [-0.05, 0) is 24.2 Å². The van der Waals surface area contributed by atoms with Crippen LogP contribution in [-0.2, 0) is 11.3 Å². The lowest BCUT2D eigenvalue weighted by Gasteiger charge is -2.35. The standard InChI is InChI=1S/C16H24FN3O2/c1-2-19-7-9-20(10-8-19)15-11-13(3-4-14(15)17)12-18-6-5-16(21)22/h3-4,11,18H,2,5-10,12H2,1H3,(H,21,22). The summed E-state index contributed by atoms with van der Waals surface area (Å²) in [6.07, 6.45) is 0.0903. The lowest BCUT2D eigenvalue weighted by atomic mass is 10.1. The van der Waals surface area contributed by atoms with Crippen molar-refractivity contribution in [3.8, 4) is 0 Å². The maximum absolute atomic E-state index is 14.1. The molecule has 1 heterocycles. The van der Waals surface area contributed by atoms with Crippen molar-refractivity contribution in [3.05, 3.63) is 29.6 Å². The molecular formula is C16H24FN3O2. The molecule has 0 aliphatic carbocycles. The van der Waals surface area contributed by atoms with Crippen LogP contribution in [-0.4, -0.2) is 55.2 Å². The van der Waals surface area contributed by atoms with Gasteiger partial charge in [0.2, 0.25) is 0 Å². The monoisotopic (exact) mass is 309 g/mol. The fraction of sp³-hybridized carbons (Fsp3) is 0.562. The highest BCUT2D eigenvalue weighted by molar-refractivity contribution is 5.66. The summed E-state index contributed by atoms with van der Waals surface area (Å²) in [5, 5.41) is 11.7. The third kappa shape index (κ3) is 4.68. The van der Waals surface area contributed by atoms with Crippen molar-refractivity contribution in [1.29, 1.82) is 0 Å². The Kier molecular flexibility index (Phi) is 6.15. The normalized spacial score (nSPS) is 16.0. The first-order valence-electron chi connectivity index (χ1n) is 7.78. The molecule has 0 radical (unpaired) electrons. The third-order valence-corrected chi connectivity index (χ3v) is 4.02. The Balaban J connectivity index is 1.93.